The molecule has 1 heterocycles. The van der Waals surface area contributed by atoms with Crippen molar-refractivity contribution in [2.75, 3.05) is 19.0 Å². The van der Waals surface area contributed by atoms with Gasteiger partial charge in [-0.1, -0.05) is 11.2 Å². The maximum absolute atomic E-state index is 5.88. The highest BCUT2D eigenvalue weighted by atomic mass is 16.5. The van der Waals surface area contributed by atoms with Crippen molar-refractivity contribution in [1.29, 1.82) is 0 Å². The van der Waals surface area contributed by atoms with E-state index in [4.69, 9.17) is 10.5 Å². The number of nitrogens with two attached hydrogens (primary N) is 1. The highest BCUT2D eigenvalue weighted by Gasteiger charge is 2.15. The lowest BCUT2D eigenvalue weighted by molar-refractivity contribution is 0.409. The maximum atomic E-state index is 5.88. The van der Waals surface area contributed by atoms with Crippen molar-refractivity contribution < 1.29 is 4.74 Å². The van der Waals surface area contributed by atoms with Crippen molar-refractivity contribution in [3.8, 4) is 11.8 Å². The Balaban J connectivity index is 2.28. The van der Waals surface area contributed by atoms with Gasteiger partial charge in [0.05, 0.1) is 6.04 Å². The van der Waals surface area contributed by atoms with E-state index in [2.05, 4.69) is 10.2 Å². The first-order valence-electron chi connectivity index (χ1n) is 6.66. The highest BCUT2D eigenvalue weighted by Crippen LogP contribution is 2.25. The number of hydrogen-bond donors (Lipinski definition) is 1. The third kappa shape index (κ3) is 2.91. The molecule has 6 nitrogen and oxygen atoms in total. The fourth-order valence-corrected chi connectivity index (χ4v) is 1.94. The second-order valence-electron chi connectivity index (χ2n) is 4.87. The maximum Gasteiger partial charge on any atom is 0.322 e. The molecule has 0 saturated carbocycles. The first kappa shape index (κ1) is 14.3. The molecule has 0 aliphatic heterocycles. The van der Waals surface area contributed by atoms with Crippen LogP contribution < -0.4 is 15.4 Å². The fourth-order valence-electron chi connectivity index (χ4n) is 1.94. The van der Waals surface area contributed by atoms with Gasteiger partial charge in [-0.2, -0.15) is 0 Å². The lowest BCUT2D eigenvalue weighted by Gasteiger charge is -2.14. The minimum Gasteiger partial charge on any atom is -0.424 e. The lowest BCUT2D eigenvalue weighted by atomic mass is 10.3. The number of aromatic nitrogens is 3. The molecular weight excluding hydrogens is 254 g/mol. The molecule has 0 radical (unpaired) electrons. The van der Waals surface area contributed by atoms with Crippen molar-refractivity contribution in [2.24, 2.45) is 5.73 Å². The summed E-state index contributed by atoms with van der Waals surface area (Å²) in [5, 5.41) is 8.17. The van der Waals surface area contributed by atoms with Crippen LogP contribution in [0.2, 0.25) is 0 Å². The van der Waals surface area contributed by atoms with Crippen LogP contribution in [0.3, 0.4) is 0 Å². The SMILES string of the molecule is CCn1c(Oc2cccc(N(C)C)c2)nnc1[C@@H](C)N. The third-order valence-electron chi connectivity index (χ3n) is 3.01. The molecule has 0 spiro atoms. The van der Waals surface area contributed by atoms with Crippen LogP contribution >= 0.6 is 0 Å². The van der Waals surface area contributed by atoms with E-state index in [9.17, 15) is 0 Å². The van der Waals surface area contributed by atoms with E-state index in [-0.39, 0.29) is 6.04 Å². The Morgan fingerprint density at radius 1 is 1.35 bits per heavy atom. The molecule has 0 aliphatic carbocycles. The molecule has 0 fully saturated rings. The van der Waals surface area contributed by atoms with Gasteiger partial charge >= 0.3 is 6.01 Å². The second kappa shape index (κ2) is 5.92. The van der Waals surface area contributed by atoms with E-state index in [1.54, 1.807) is 0 Å². The molecule has 0 aliphatic rings. The predicted octanol–water partition coefficient (Wildman–Crippen LogP) is 2.18. The molecular formula is C14H21N5O. The summed E-state index contributed by atoms with van der Waals surface area (Å²) in [6.45, 7) is 4.61. The third-order valence-corrected chi connectivity index (χ3v) is 3.01. The molecule has 0 unspecified atom stereocenters. The van der Waals surface area contributed by atoms with Crippen LogP contribution in [0.1, 0.15) is 25.7 Å². The lowest BCUT2D eigenvalue weighted by Crippen LogP contribution is -2.13. The van der Waals surface area contributed by atoms with Crippen molar-refractivity contribution in [3.63, 3.8) is 0 Å². The standard InChI is InChI=1S/C14H21N5O/c1-5-19-13(10(2)15)16-17-14(19)20-12-8-6-7-11(9-12)18(3)4/h6-10H,5,15H2,1-4H3/t10-/m1/s1. The summed E-state index contributed by atoms with van der Waals surface area (Å²) >= 11 is 0. The van der Waals surface area contributed by atoms with Crippen LogP contribution in [0.5, 0.6) is 11.8 Å². The molecule has 20 heavy (non-hydrogen) atoms. The summed E-state index contributed by atoms with van der Waals surface area (Å²) in [4.78, 5) is 2.02. The van der Waals surface area contributed by atoms with Crippen molar-refractivity contribution >= 4 is 5.69 Å². The number of rotatable bonds is 5. The van der Waals surface area contributed by atoms with Gasteiger partial charge in [-0.15, -0.1) is 5.10 Å². The first-order valence-corrected chi connectivity index (χ1v) is 6.66. The molecule has 2 rings (SSSR count). The van der Waals surface area contributed by atoms with Crippen LogP contribution in [-0.4, -0.2) is 28.9 Å². The highest BCUT2D eigenvalue weighted by molar-refractivity contribution is 5.49. The fraction of sp³-hybridized carbons (Fsp3) is 0.429. The van der Waals surface area contributed by atoms with Crippen LogP contribution in [0, 0.1) is 0 Å². The van der Waals surface area contributed by atoms with Crippen LogP contribution in [0.25, 0.3) is 0 Å². The quantitative estimate of drug-likeness (QED) is 0.905. The Kier molecular flexibility index (Phi) is 4.24. The molecule has 1 atom stereocenters. The van der Waals surface area contributed by atoms with E-state index >= 15 is 0 Å². The number of benzene rings is 1. The zero-order chi connectivity index (χ0) is 14.7. The van der Waals surface area contributed by atoms with Gasteiger partial charge in [0.2, 0.25) is 0 Å². The Morgan fingerprint density at radius 3 is 2.70 bits per heavy atom. The van der Waals surface area contributed by atoms with Crippen molar-refractivity contribution in [2.45, 2.75) is 26.4 Å². The van der Waals surface area contributed by atoms with Crippen LogP contribution in [0.4, 0.5) is 5.69 Å². The van der Waals surface area contributed by atoms with Gasteiger partial charge in [-0.05, 0) is 26.0 Å². The zero-order valence-electron chi connectivity index (χ0n) is 12.4. The smallest absolute Gasteiger partial charge is 0.322 e. The number of hydrogen-bond acceptors (Lipinski definition) is 5. The topological polar surface area (TPSA) is 69.2 Å². The molecule has 6 heteroatoms. The van der Waals surface area contributed by atoms with Gasteiger partial charge in [0, 0.05) is 32.4 Å². The van der Waals surface area contributed by atoms with Gasteiger partial charge in [0.15, 0.2) is 5.82 Å². The molecule has 1 aromatic carbocycles. The molecule has 1 aromatic heterocycles. The van der Waals surface area contributed by atoms with E-state index in [1.165, 1.54) is 0 Å². The van der Waals surface area contributed by atoms with Gasteiger partial charge in [-0.25, -0.2) is 0 Å². The number of nitrogens with zero attached hydrogens (tertiary/aromatic N) is 4. The normalized spacial score (nSPS) is 12.2. The average Bonchev–Trinajstić information content (AvgIpc) is 2.82. The van der Waals surface area contributed by atoms with Gasteiger partial charge in [0.1, 0.15) is 5.75 Å². The number of anilines is 1. The van der Waals surface area contributed by atoms with Crippen molar-refractivity contribution in [1.82, 2.24) is 14.8 Å². The minimum absolute atomic E-state index is 0.173. The summed E-state index contributed by atoms with van der Waals surface area (Å²) in [6.07, 6.45) is 0. The molecule has 0 saturated heterocycles. The summed E-state index contributed by atoms with van der Waals surface area (Å²) in [5.41, 5.74) is 6.94. The van der Waals surface area contributed by atoms with E-state index < -0.39 is 0 Å². The second-order valence-corrected chi connectivity index (χ2v) is 4.87. The van der Waals surface area contributed by atoms with Crippen LogP contribution in [-0.2, 0) is 6.54 Å². The summed E-state index contributed by atoms with van der Waals surface area (Å²) in [7, 11) is 3.98. The molecule has 108 valence electrons. The Bertz CT molecular complexity index is 577. The van der Waals surface area contributed by atoms with Crippen molar-refractivity contribution in [3.05, 3.63) is 30.1 Å². The van der Waals surface area contributed by atoms with Gasteiger partial charge in [0.25, 0.3) is 0 Å². The van der Waals surface area contributed by atoms with Gasteiger partial charge in [-0.3, -0.25) is 4.57 Å². The summed E-state index contributed by atoms with van der Waals surface area (Å²) in [5.74, 6) is 1.46. The summed E-state index contributed by atoms with van der Waals surface area (Å²) < 4.78 is 7.71. The monoisotopic (exact) mass is 275 g/mol. The van der Waals surface area contributed by atoms with E-state index in [0.29, 0.717) is 12.6 Å². The largest absolute Gasteiger partial charge is 0.424 e. The predicted molar refractivity (Wildman–Crippen MR) is 79.1 cm³/mol. The minimum atomic E-state index is -0.173. The molecule has 2 aromatic rings. The van der Waals surface area contributed by atoms with E-state index in [1.807, 2.05) is 61.7 Å². The average molecular weight is 275 g/mol. The Morgan fingerprint density at radius 2 is 2.10 bits per heavy atom. The molecule has 2 N–H and O–H groups in total. The first-order chi connectivity index (χ1) is 9.52. The molecule has 0 amide bonds. The summed E-state index contributed by atoms with van der Waals surface area (Å²) in [6, 6.07) is 8.12. The Hall–Kier alpha value is -2.08. The number of ether oxygens (including phenoxy) is 1. The van der Waals surface area contributed by atoms with E-state index in [0.717, 1.165) is 17.3 Å². The Labute approximate surface area is 119 Å². The zero-order valence-corrected chi connectivity index (χ0v) is 12.4. The van der Waals surface area contributed by atoms with Gasteiger partial charge < -0.3 is 15.4 Å². The van der Waals surface area contributed by atoms with Crippen LogP contribution in [0.15, 0.2) is 24.3 Å². The molecule has 0 bridgehead atoms.